The van der Waals surface area contributed by atoms with Crippen LogP contribution in [0.4, 0.5) is 5.82 Å². The first-order chi connectivity index (χ1) is 13.4. The first-order valence-corrected chi connectivity index (χ1v) is 10.0. The molecular formula is C22H21Cl2N3O. The van der Waals surface area contributed by atoms with E-state index in [0.29, 0.717) is 27.1 Å². The molecule has 0 aliphatic carbocycles. The average molecular weight is 414 g/mol. The van der Waals surface area contributed by atoms with Crippen molar-refractivity contribution in [1.29, 1.82) is 0 Å². The number of halogens is 2. The van der Waals surface area contributed by atoms with Gasteiger partial charge in [0.05, 0.1) is 21.3 Å². The number of nitrogens with zero attached hydrogens (tertiary/aromatic N) is 3. The molecule has 2 aromatic carbocycles. The molecule has 0 spiro atoms. The minimum atomic E-state index is -0.124. The second kappa shape index (κ2) is 7.26. The van der Waals surface area contributed by atoms with Gasteiger partial charge < -0.3 is 4.90 Å². The summed E-state index contributed by atoms with van der Waals surface area (Å²) in [6.07, 6.45) is 0.945. The Labute approximate surface area is 174 Å². The number of fused-ring (bicyclic) bond motifs is 1. The molecule has 4 nitrogen and oxygen atoms in total. The number of aryl methyl sites for hydroxylation is 2. The molecule has 0 atom stereocenters. The molecule has 0 bridgehead atoms. The zero-order valence-electron chi connectivity index (χ0n) is 16.1. The van der Waals surface area contributed by atoms with Crippen molar-refractivity contribution in [1.82, 2.24) is 9.55 Å². The van der Waals surface area contributed by atoms with Gasteiger partial charge in [-0.3, -0.25) is 9.36 Å². The summed E-state index contributed by atoms with van der Waals surface area (Å²) < 4.78 is 1.54. The summed E-state index contributed by atoms with van der Waals surface area (Å²) in [5, 5.41) is 0.765. The van der Waals surface area contributed by atoms with Gasteiger partial charge in [-0.2, -0.15) is 0 Å². The lowest BCUT2D eigenvalue weighted by molar-refractivity contribution is 0.704. The second-order valence-electron chi connectivity index (χ2n) is 7.26. The molecule has 1 aliphatic rings. The lowest BCUT2D eigenvalue weighted by atomic mass is 9.97. The van der Waals surface area contributed by atoms with E-state index in [2.05, 4.69) is 30.0 Å². The van der Waals surface area contributed by atoms with E-state index in [4.69, 9.17) is 28.2 Å². The molecule has 2 heterocycles. The van der Waals surface area contributed by atoms with E-state index in [-0.39, 0.29) is 5.56 Å². The minimum Gasteiger partial charge on any atom is -0.351 e. The van der Waals surface area contributed by atoms with Gasteiger partial charge in [-0.1, -0.05) is 53.0 Å². The van der Waals surface area contributed by atoms with Gasteiger partial charge in [-0.25, -0.2) is 4.98 Å². The summed E-state index contributed by atoms with van der Waals surface area (Å²) in [6, 6.07) is 11.8. The first kappa shape index (κ1) is 19.0. The summed E-state index contributed by atoms with van der Waals surface area (Å²) in [4.78, 5) is 20.2. The van der Waals surface area contributed by atoms with Crippen LogP contribution in [-0.4, -0.2) is 16.1 Å². The van der Waals surface area contributed by atoms with Gasteiger partial charge >= 0.3 is 0 Å². The number of aromatic nitrogens is 2. The molecule has 28 heavy (non-hydrogen) atoms. The van der Waals surface area contributed by atoms with Crippen molar-refractivity contribution >= 4 is 29.0 Å². The van der Waals surface area contributed by atoms with E-state index in [1.807, 2.05) is 13.8 Å². The molecule has 1 aromatic heterocycles. The predicted molar refractivity (Wildman–Crippen MR) is 115 cm³/mol. The van der Waals surface area contributed by atoms with Crippen molar-refractivity contribution in [2.75, 3.05) is 11.4 Å². The molecule has 0 N–H and O–H groups in total. The molecule has 0 radical (unpaired) electrons. The van der Waals surface area contributed by atoms with Crippen LogP contribution in [0.1, 0.15) is 28.1 Å². The molecule has 0 unspecified atom stereocenters. The van der Waals surface area contributed by atoms with Gasteiger partial charge in [0.2, 0.25) is 0 Å². The largest absolute Gasteiger partial charge is 0.351 e. The molecule has 0 fully saturated rings. The second-order valence-corrected chi connectivity index (χ2v) is 8.05. The summed E-state index contributed by atoms with van der Waals surface area (Å²) in [5.74, 6) is 1.33. The highest BCUT2D eigenvalue weighted by molar-refractivity contribution is 6.43. The first-order valence-electron chi connectivity index (χ1n) is 9.25. The maximum atomic E-state index is 13.2. The third kappa shape index (κ3) is 3.21. The van der Waals surface area contributed by atoms with Gasteiger partial charge in [0, 0.05) is 13.1 Å². The summed E-state index contributed by atoms with van der Waals surface area (Å²) in [7, 11) is 0. The number of rotatable bonds is 2. The summed E-state index contributed by atoms with van der Waals surface area (Å²) >= 11 is 12.5. The molecule has 3 aromatic rings. The van der Waals surface area contributed by atoms with E-state index in [1.54, 1.807) is 18.2 Å². The van der Waals surface area contributed by atoms with Gasteiger partial charge in [0.1, 0.15) is 11.6 Å². The molecule has 144 valence electrons. The third-order valence-corrected chi connectivity index (χ3v) is 6.11. The highest BCUT2D eigenvalue weighted by Crippen LogP contribution is 2.30. The average Bonchev–Trinajstić information content (AvgIpc) is 2.67. The normalized spacial score (nSPS) is 13.5. The molecular weight excluding hydrogens is 393 g/mol. The molecule has 1 aliphatic heterocycles. The van der Waals surface area contributed by atoms with Crippen LogP contribution in [0.5, 0.6) is 0 Å². The Bertz CT molecular complexity index is 1140. The summed E-state index contributed by atoms with van der Waals surface area (Å²) in [6.45, 7) is 7.35. The molecule has 6 heteroatoms. The van der Waals surface area contributed by atoms with E-state index in [0.717, 1.165) is 25.3 Å². The Morgan fingerprint density at radius 2 is 1.82 bits per heavy atom. The van der Waals surface area contributed by atoms with Gasteiger partial charge in [0.15, 0.2) is 0 Å². The number of hydrogen-bond donors (Lipinski definition) is 0. The molecule has 0 amide bonds. The van der Waals surface area contributed by atoms with Crippen LogP contribution in [-0.2, 0) is 13.0 Å². The maximum Gasteiger partial charge on any atom is 0.263 e. The monoisotopic (exact) mass is 413 g/mol. The minimum absolute atomic E-state index is 0.124. The van der Waals surface area contributed by atoms with Gasteiger partial charge in [-0.05, 0) is 50.5 Å². The zero-order chi connectivity index (χ0) is 20.0. The quantitative estimate of drug-likeness (QED) is 0.591. The van der Waals surface area contributed by atoms with Crippen molar-refractivity contribution in [3.8, 4) is 5.69 Å². The Morgan fingerprint density at radius 1 is 1.04 bits per heavy atom. The fraction of sp³-hybridized carbons (Fsp3) is 0.273. The fourth-order valence-electron chi connectivity index (χ4n) is 3.82. The topological polar surface area (TPSA) is 38.1 Å². The van der Waals surface area contributed by atoms with Crippen LogP contribution < -0.4 is 10.5 Å². The number of anilines is 1. The highest BCUT2D eigenvalue weighted by Gasteiger charge is 2.23. The van der Waals surface area contributed by atoms with E-state index in [9.17, 15) is 4.79 Å². The van der Waals surface area contributed by atoms with Crippen LogP contribution in [0.15, 0.2) is 41.2 Å². The third-order valence-electron chi connectivity index (χ3n) is 5.30. The maximum absolute atomic E-state index is 13.2. The Kier molecular flexibility index (Phi) is 4.94. The number of benzene rings is 2. The SMILES string of the molecule is Cc1ccc2c(c1)CCN(c1nc(C)n(-c3cccc(Cl)c3Cl)c(=O)c1C)C2. The zero-order valence-corrected chi connectivity index (χ0v) is 17.6. The molecule has 4 rings (SSSR count). The molecule has 0 saturated carbocycles. The van der Waals surface area contributed by atoms with Crippen LogP contribution in [0.25, 0.3) is 5.69 Å². The van der Waals surface area contributed by atoms with Gasteiger partial charge in [0.25, 0.3) is 5.56 Å². The van der Waals surface area contributed by atoms with Crippen molar-refractivity contribution in [2.24, 2.45) is 0 Å². The standard InChI is InChI=1S/C22H21Cl2N3O/c1-13-7-8-17-12-26(10-9-16(17)11-13)21-14(2)22(28)27(15(3)25-21)19-6-4-5-18(23)20(19)24/h4-8,11H,9-10,12H2,1-3H3. The lowest BCUT2D eigenvalue weighted by Gasteiger charge is -2.31. The smallest absolute Gasteiger partial charge is 0.263 e. The van der Waals surface area contributed by atoms with Crippen molar-refractivity contribution in [2.45, 2.75) is 33.7 Å². The van der Waals surface area contributed by atoms with Crippen molar-refractivity contribution in [3.63, 3.8) is 0 Å². The highest BCUT2D eigenvalue weighted by atomic mass is 35.5. The Morgan fingerprint density at radius 3 is 2.61 bits per heavy atom. The van der Waals surface area contributed by atoms with Crippen LogP contribution in [0.3, 0.4) is 0 Å². The van der Waals surface area contributed by atoms with Crippen molar-refractivity contribution < 1.29 is 0 Å². The van der Waals surface area contributed by atoms with Gasteiger partial charge in [-0.15, -0.1) is 0 Å². The van der Waals surface area contributed by atoms with E-state index in [1.165, 1.54) is 21.3 Å². The predicted octanol–water partition coefficient (Wildman–Crippen LogP) is 5.03. The van der Waals surface area contributed by atoms with Crippen LogP contribution in [0, 0.1) is 20.8 Å². The van der Waals surface area contributed by atoms with Crippen molar-refractivity contribution in [3.05, 3.63) is 84.9 Å². The molecule has 0 saturated heterocycles. The van der Waals surface area contributed by atoms with E-state index >= 15 is 0 Å². The Hall–Kier alpha value is -2.30. The summed E-state index contributed by atoms with van der Waals surface area (Å²) in [5.41, 5.74) is 4.98. The van der Waals surface area contributed by atoms with Crippen LogP contribution >= 0.6 is 23.2 Å². The fourth-order valence-corrected chi connectivity index (χ4v) is 4.20. The Balaban J connectivity index is 1.78. The lowest BCUT2D eigenvalue weighted by Crippen LogP contribution is -2.35. The van der Waals surface area contributed by atoms with Crippen LogP contribution in [0.2, 0.25) is 10.0 Å². The number of hydrogen-bond acceptors (Lipinski definition) is 3. The van der Waals surface area contributed by atoms with E-state index < -0.39 is 0 Å².